The van der Waals surface area contributed by atoms with Crippen molar-refractivity contribution in [3.05, 3.63) is 70.1 Å². The number of nitrogens with one attached hydrogen (secondary N) is 1. The van der Waals surface area contributed by atoms with E-state index in [-0.39, 0.29) is 17.5 Å². The van der Waals surface area contributed by atoms with Gasteiger partial charge in [-0.3, -0.25) is 9.59 Å². The van der Waals surface area contributed by atoms with Gasteiger partial charge in [0.05, 0.1) is 20.6 Å². The molecule has 0 saturated heterocycles. The second-order valence-electron chi connectivity index (χ2n) is 7.60. The van der Waals surface area contributed by atoms with Gasteiger partial charge in [-0.05, 0) is 35.9 Å². The summed E-state index contributed by atoms with van der Waals surface area (Å²) in [4.78, 5) is 34.3. The number of carbonyl (C=O) groups is 2. The number of halogens is 1. The van der Waals surface area contributed by atoms with Crippen LogP contribution in [-0.4, -0.2) is 55.3 Å². The summed E-state index contributed by atoms with van der Waals surface area (Å²) in [6, 6.07) is 12.2. The van der Waals surface area contributed by atoms with Crippen molar-refractivity contribution in [2.45, 2.75) is 12.8 Å². The quantitative estimate of drug-likeness (QED) is 0.442. The number of aromatic nitrogens is 2. The maximum atomic E-state index is 12.6. The van der Waals surface area contributed by atoms with E-state index in [0.29, 0.717) is 46.4 Å². The van der Waals surface area contributed by atoms with Crippen molar-refractivity contribution in [3.63, 3.8) is 0 Å². The molecule has 0 spiro atoms. The summed E-state index contributed by atoms with van der Waals surface area (Å²) in [6.45, 7) is 0. The molecule has 2 N–H and O–H groups in total. The molecule has 0 aliphatic rings. The number of carboxylic acid groups (broad SMARTS) is 1. The molecule has 0 aliphatic heterocycles. The number of carboxylic acids is 1. The Balaban J connectivity index is 1.74. The highest BCUT2D eigenvalue weighted by atomic mass is 35.5. The Morgan fingerprint density at radius 1 is 1.03 bits per heavy atom. The van der Waals surface area contributed by atoms with E-state index in [9.17, 15) is 9.59 Å². The van der Waals surface area contributed by atoms with Crippen LogP contribution in [0.4, 0.5) is 11.5 Å². The molecule has 1 aromatic heterocycles. The van der Waals surface area contributed by atoms with Crippen LogP contribution in [0.5, 0.6) is 11.5 Å². The number of nitrogens with zero attached hydrogens (tertiary/aromatic N) is 3. The second-order valence-corrected chi connectivity index (χ2v) is 7.95. The Bertz CT molecular complexity index is 1200. The lowest BCUT2D eigenvalue weighted by atomic mass is 10.1. The van der Waals surface area contributed by atoms with Gasteiger partial charge in [0.2, 0.25) is 0 Å². The minimum atomic E-state index is -1.01. The molecule has 3 aromatic rings. The van der Waals surface area contributed by atoms with Gasteiger partial charge in [0, 0.05) is 37.3 Å². The van der Waals surface area contributed by atoms with Crippen LogP contribution in [0.1, 0.15) is 27.3 Å². The molecule has 34 heavy (non-hydrogen) atoms. The van der Waals surface area contributed by atoms with Crippen LogP contribution in [-0.2, 0) is 17.6 Å². The van der Waals surface area contributed by atoms with Gasteiger partial charge >= 0.3 is 5.97 Å². The van der Waals surface area contributed by atoms with Crippen molar-refractivity contribution in [3.8, 4) is 11.5 Å². The molecule has 0 bridgehead atoms. The highest BCUT2D eigenvalue weighted by Crippen LogP contribution is 2.28. The van der Waals surface area contributed by atoms with E-state index in [4.69, 9.17) is 26.2 Å². The molecule has 0 fully saturated rings. The summed E-state index contributed by atoms with van der Waals surface area (Å²) in [7, 11) is 6.58. The molecular formula is C24H25ClN4O5. The second kappa shape index (κ2) is 10.8. The zero-order chi connectivity index (χ0) is 24.8. The lowest BCUT2D eigenvalue weighted by Crippen LogP contribution is -2.18. The van der Waals surface area contributed by atoms with Crippen LogP contribution >= 0.6 is 11.6 Å². The average molecular weight is 485 g/mol. The van der Waals surface area contributed by atoms with Crippen molar-refractivity contribution in [2.75, 3.05) is 38.5 Å². The molecular weight excluding hydrogens is 460 g/mol. The number of rotatable bonds is 9. The van der Waals surface area contributed by atoms with E-state index >= 15 is 0 Å². The predicted octanol–water partition coefficient (Wildman–Crippen LogP) is 3.68. The van der Waals surface area contributed by atoms with Gasteiger partial charge in [-0.2, -0.15) is 0 Å². The van der Waals surface area contributed by atoms with Crippen molar-refractivity contribution < 1.29 is 24.2 Å². The maximum Gasteiger partial charge on any atom is 0.308 e. The molecule has 0 aliphatic carbocycles. The summed E-state index contributed by atoms with van der Waals surface area (Å²) >= 11 is 6.26. The first kappa shape index (κ1) is 24.8. The predicted molar refractivity (Wildman–Crippen MR) is 129 cm³/mol. The number of amides is 1. The van der Waals surface area contributed by atoms with Crippen LogP contribution in [0.2, 0.25) is 5.15 Å². The van der Waals surface area contributed by atoms with Gasteiger partial charge in [-0.1, -0.05) is 23.7 Å². The van der Waals surface area contributed by atoms with E-state index < -0.39 is 5.97 Å². The lowest BCUT2D eigenvalue weighted by molar-refractivity contribution is -0.136. The van der Waals surface area contributed by atoms with E-state index in [1.54, 1.807) is 49.3 Å². The molecule has 10 heteroatoms. The average Bonchev–Trinajstić information content (AvgIpc) is 2.81. The first-order chi connectivity index (χ1) is 16.2. The van der Waals surface area contributed by atoms with Gasteiger partial charge in [0.15, 0.2) is 11.5 Å². The SMILES string of the molecule is COc1ccc(C(=O)Nc2ccc(Cc3nc(Cl)c(CC(=O)O)c(N(C)C)n3)cc2)cc1OC. The number of carbonyl (C=O) groups excluding carboxylic acids is 1. The van der Waals surface area contributed by atoms with Crippen molar-refractivity contribution in [1.82, 2.24) is 9.97 Å². The van der Waals surface area contributed by atoms with Gasteiger partial charge in [0.25, 0.3) is 5.91 Å². The Morgan fingerprint density at radius 3 is 2.29 bits per heavy atom. The fourth-order valence-corrected chi connectivity index (χ4v) is 3.56. The molecule has 0 saturated carbocycles. The molecule has 2 aromatic carbocycles. The topological polar surface area (TPSA) is 114 Å². The maximum absolute atomic E-state index is 12.6. The molecule has 0 atom stereocenters. The molecule has 9 nitrogen and oxygen atoms in total. The van der Waals surface area contributed by atoms with E-state index in [1.165, 1.54) is 14.2 Å². The summed E-state index contributed by atoms with van der Waals surface area (Å²) < 4.78 is 10.4. The van der Waals surface area contributed by atoms with E-state index in [2.05, 4.69) is 15.3 Å². The number of benzene rings is 2. The van der Waals surface area contributed by atoms with Crippen molar-refractivity contribution >= 4 is 35.0 Å². The fourth-order valence-electron chi connectivity index (χ4n) is 3.31. The first-order valence-electron chi connectivity index (χ1n) is 10.3. The highest BCUT2D eigenvalue weighted by molar-refractivity contribution is 6.30. The van der Waals surface area contributed by atoms with E-state index in [0.717, 1.165) is 5.56 Å². The lowest BCUT2D eigenvalue weighted by Gasteiger charge is -2.17. The van der Waals surface area contributed by atoms with Gasteiger partial charge in [-0.15, -0.1) is 0 Å². The number of ether oxygens (including phenoxy) is 2. The van der Waals surface area contributed by atoms with Crippen molar-refractivity contribution in [1.29, 1.82) is 0 Å². The summed E-state index contributed by atoms with van der Waals surface area (Å²) in [5.41, 5.74) is 2.32. The molecule has 1 heterocycles. The fraction of sp³-hybridized carbons (Fsp3) is 0.250. The minimum absolute atomic E-state index is 0.120. The van der Waals surface area contributed by atoms with Crippen LogP contribution in [0, 0.1) is 0 Å². The van der Waals surface area contributed by atoms with Gasteiger partial charge in [-0.25, -0.2) is 9.97 Å². The van der Waals surface area contributed by atoms with Gasteiger partial charge in [0.1, 0.15) is 16.8 Å². The third kappa shape index (κ3) is 5.93. The summed E-state index contributed by atoms with van der Waals surface area (Å²) in [5, 5.41) is 12.1. The largest absolute Gasteiger partial charge is 0.493 e. The first-order valence-corrected chi connectivity index (χ1v) is 10.7. The number of methoxy groups -OCH3 is 2. The standard InChI is InChI=1S/C24H25ClN4O5/c1-29(2)23-17(13-21(30)31)22(25)27-20(28-23)11-14-5-8-16(9-6-14)26-24(32)15-7-10-18(33-3)19(12-15)34-4/h5-10,12H,11,13H2,1-4H3,(H,26,32)(H,30,31). The van der Waals surface area contributed by atoms with Crippen LogP contribution in [0.25, 0.3) is 0 Å². The minimum Gasteiger partial charge on any atom is -0.493 e. The third-order valence-electron chi connectivity index (χ3n) is 4.95. The Labute approximate surface area is 202 Å². The van der Waals surface area contributed by atoms with E-state index in [1.807, 2.05) is 12.1 Å². The van der Waals surface area contributed by atoms with Crippen LogP contribution in [0.3, 0.4) is 0 Å². The van der Waals surface area contributed by atoms with Crippen LogP contribution in [0.15, 0.2) is 42.5 Å². The molecule has 178 valence electrons. The molecule has 0 unspecified atom stereocenters. The van der Waals surface area contributed by atoms with Crippen LogP contribution < -0.4 is 19.7 Å². The number of hydrogen-bond acceptors (Lipinski definition) is 7. The number of anilines is 2. The highest BCUT2D eigenvalue weighted by Gasteiger charge is 2.18. The Hall–Kier alpha value is -3.85. The Morgan fingerprint density at radius 2 is 1.71 bits per heavy atom. The number of hydrogen-bond donors (Lipinski definition) is 2. The summed E-state index contributed by atoms with van der Waals surface area (Å²) in [6.07, 6.45) is 0.124. The van der Waals surface area contributed by atoms with Crippen molar-refractivity contribution in [2.24, 2.45) is 0 Å². The third-order valence-corrected chi connectivity index (χ3v) is 5.27. The monoisotopic (exact) mass is 484 g/mol. The zero-order valence-corrected chi connectivity index (χ0v) is 20.0. The zero-order valence-electron chi connectivity index (χ0n) is 19.3. The van der Waals surface area contributed by atoms with Gasteiger partial charge < -0.3 is 24.8 Å². The molecule has 3 rings (SSSR count). The Kier molecular flexibility index (Phi) is 7.91. The summed E-state index contributed by atoms with van der Waals surface area (Å²) in [5.74, 6) is 0.649. The molecule has 0 radical (unpaired) electrons. The smallest absolute Gasteiger partial charge is 0.308 e. The molecule has 1 amide bonds. The normalized spacial score (nSPS) is 10.5. The number of aliphatic carboxylic acids is 1.